The number of carbonyl (C=O) groups is 2. The van der Waals surface area contributed by atoms with Gasteiger partial charge in [-0.05, 0) is 24.3 Å². The van der Waals surface area contributed by atoms with E-state index in [1.165, 1.54) is 12.5 Å². The van der Waals surface area contributed by atoms with Gasteiger partial charge >= 0.3 is 0 Å². The van der Waals surface area contributed by atoms with Gasteiger partial charge in [0, 0.05) is 63.5 Å². The Hall–Kier alpha value is -2.51. The molecule has 0 saturated carbocycles. The van der Waals surface area contributed by atoms with Crippen LogP contribution in [-0.2, 0) is 9.53 Å². The minimum atomic E-state index is -0.158. The topological polar surface area (TPSA) is 66.2 Å². The number of nitrogens with zero attached hydrogens (tertiary/aromatic N) is 3. The Bertz CT molecular complexity index is 804. The van der Waals surface area contributed by atoms with Gasteiger partial charge in [0.15, 0.2) is 0 Å². The number of furan rings is 1. The number of piperazine rings is 1. The zero-order valence-corrected chi connectivity index (χ0v) is 17.3. The van der Waals surface area contributed by atoms with Gasteiger partial charge in [0.2, 0.25) is 5.91 Å². The fraction of sp³-hybridized carbons (Fsp3) is 0.429. The van der Waals surface area contributed by atoms with Crippen molar-refractivity contribution in [1.82, 2.24) is 9.80 Å². The van der Waals surface area contributed by atoms with Crippen LogP contribution in [0.5, 0.6) is 0 Å². The molecule has 0 bridgehead atoms. The molecule has 156 valence electrons. The van der Waals surface area contributed by atoms with Crippen LogP contribution in [-0.4, -0.2) is 74.6 Å². The van der Waals surface area contributed by atoms with Gasteiger partial charge in [-0.15, -0.1) is 0 Å². The lowest BCUT2D eigenvalue weighted by molar-refractivity contribution is -0.131. The number of anilines is 1. The average Bonchev–Trinajstić information content (AvgIpc) is 3.28. The summed E-state index contributed by atoms with van der Waals surface area (Å²) >= 11 is 6.07. The Labute approximate surface area is 175 Å². The van der Waals surface area contributed by atoms with Gasteiger partial charge in [-0.25, -0.2) is 0 Å². The first-order valence-corrected chi connectivity index (χ1v) is 10.0. The van der Waals surface area contributed by atoms with Crippen LogP contribution in [0.4, 0.5) is 5.69 Å². The second kappa shape index (κ2) is 10.3. The molecule has 0 aliphatic carbocycles. The van der Waals surface area contributed by atoms with Crippen LogP contribution in [0.15, 0.2) is 47.3 Å². The number of methoxy groups -OCH3 is 1. The van der Waals surface area contributed by atoms with E-state index in [2.05, 4.69) is 4.90 Å². The predicted octanol–water partition coefficient (Wildman–Crippen LogP) is 2.76. The fourth-order valence-corrected chi connectivity index (χ4v) is 3.55. The van der Waals surface area contributed by atoms with Crippen LogP contribution >= 0.6 is 11.6 Å². The molecule has 0 N–H and O–H groups in total. The number of amides is 2. The van der Waals surface area contributed by atoms with Crippen molar-refractivity contribution >= 4 is 29.1 Å². The van der Waals surface area contributed by atoms with E-state index in [0.717, 1.165) is 18.8 Å². The molecule has 1 aromatic heterocycles. The zero-order chi connectivity index (χ0) is 20.6. The summed E-state index contributed by atoms with van der Waals surface area (Å²) in [5.74, 6) is -0.104. The second-order valence-corrected chi connectivity index (χ2v) is 7.33. The number of halogens is 1. The summed E-state index contributed by atoms with van der Waals surface area (Å²) in [6, 6.07) is 9.37. The van der Waals surface area contributed by atoms with Gasteiger partial charge in [-0.3, -0.25) is 9.59 Å². The monoisotopic (exact) mass is 419 g/mol. The molecule has 2 aromatic rings. The maximum absolute atomic E-state index is 12.7. The van der Waals surface area contributed by atoms with E-state index < -0.39 is 0 Å². The predicted molar refractivity (Wildman–Crippen MR) is 111 cm³/mol. The second-order valence-electron chi connectivity index (χ2n) is 6.89. The lowest BCUT2D eigenvalue weighted by Gasteiger charge is -2.36. The number of hydrogen-bond donors (Lipinski definition) is 0. The molecule has 1 aromatic carbocycles. The number of ether oxygens (including phenoxy) is 1. The summed E-state index contributed by atoms with van der Waals surface area (Å²) < 4.78 is 10.1. The summed E-state index contributed by atoms with van der Waals surface area (Å²) in [5, 5.41) is 0.708. The smallest absolute Gasteiger partial charge is 0.257 e. The molecule has 0 radical (unpaired) electrons. The molecule has 8 heteroatoms. The van der Waals surface area contributed by atoms with Crippen molar-refractivity contribution in [3.05, 3.63) is 53.4 Å². The first kappa shape index (κ1) is 21.2. The number of rotatable bonds is 8. The number of carbonyl (C=O) groups excluding carboxylic acids is 2. The molecule has 1 fully saturated rings. The maximum Gasteiger partial charge on any atom is 0.257 e. The third kappa shape index (κ3) is 5.74. The van der Waals surface area contributed by atoms with Gasteiger partial charge in [-0.2, -0.15) is 0 Å². The lowest BCUT2D eigenvalue weighted by Crippen LogP contribution is -2.49. The summed E-state index contributed by atoms with van der Waals surface area (Å²) in [6.45, 7) is 4.01. The minimum absolute atomic E-state index is 0.0538. The maximum atomic E-state index is 12.7. The Balaban J connectivity index is 1.50. The van der Waals surface area contributed by atoms with Crippen LogP contribution in [0.25, 0.3) is 0 Å². The van der Waals surface area contributed by atoms with E-state index in [9.17, 15) is 9.59 Å². The van der Waals surface area contributed by atoms with Crippen molar-refractivity contribution in [2.45, 2.75) is 6.42 Å². The Morgan fingerprint density at radius 2 is 1.97 bits per heavy atom. The molecule has 1 aliphatic rings. The highest BCUT2D eigenvalue weighted by atomic mass is 35.5. The quantitative estimate of drug-likeness (QED) is 0.658. The van der Waals surface area contributed by atoms with Crippen molar-refractivity contribution in [1.29, 1.82) is 0 Å². The van der Waals surface area contributed by atoms with Gasteiger partial charge in [0.05, 0.1) is 18.4 Å². The van der Waals surface area contributed by atoms with E-state index in [-0.39, 0.29) is 18.2 Å². The summed E-state index contributed by atoms with van der Waals surface area (Å²) in [6.07, 6.45) is 3.16. The third-order valence-electron chi connectivity index (χ3n) is 5.02. The van der Waals surface area contributed by atoms with Crippen LogP contribution in [0, 0.1) is 0 Å². The molecule has 0 spiro atoms. The van der Waals surface area contributed by atoms with Crippen LogP contribution in [0.2, 0.25) is 5.02 Å². The van der Waals surface area contributed by atoms with Crippen molar-refractivity contribution < 1.29 is 18.7 Å². The average molecular weight is 420 g/mol. The van der Waals surface area contributed by atoms with Gasteiger partial charge in [-0.1, -0.05) is 17.7 Å². The van der Waals surface area contributed by atoms with Gasteiger partial charge < -0.3 is 23.9 Å². The van der Waals surface area contributed by atoms with E-state index >= 15 is 0 Å². The van der Waals surface area contributed by atoms with Gasteiger partial charge in [0.25, 0.3) is 5.91 Å². The Kier molecular flexibility index (Phi) is 7.55. The standard InChI is InChI=1S/C21H26ClN3O4/c1-28-14-12-25(21(27)17-6-13-29-16-17)7-5-20(26)24-10-8-23(9-11-24)19-4-2-3-18(22)15-19/h2-4,6,13,15-16H,5,7-12,14H2,1H3. The molecular formula is C21H26ClN3O4. The van der Waals surface area contributed by atoms with Crippen molar-refractivity contribution in [2.24, 2.45) is 0 Å². The van der Waals surface area contributed by atoms with Gasteiger partial charge in [0.1, 0.15) is 6.26 Å². The number of benzene rings is 1. The molecule has 7 nitrogen and oxygen atoms in total. The van der Waals surface area contributed by atoms with E-state index in [0.29, 0.717) is 43.4 Å². The van der Waals surface area contributed by atoms with Crippen molar-refractivity contribution in [3.8, 4) is 0 Å². The summed E-state index contributed by atoms with van der Waals surface area (Å²) in [7, 11) is 1.59. The molecule has 0 atom stereocenters. The molecule has 3 rings (SSSR count). The summed E-state index contributed by atoms with van der Waals surface area (Å²) in [5.41, 5.74) is 1.55. The van der Waals surface area contributed by atoms with E-state index in [1.807, 2.05) is 29.2 Å². The fourth-order valence-electron chi connectivity index (χ4n) is 3.36. The summed E-state index contributed by atoms with van der Waals surface area (Å²) in [4.78, 5) is 31.0. The van der Waals surface area contributed by atoms with Crippen molar-refractivity contribution in [3.63, 3.8) is 0 Å². The highest BCUT2D eigenvalue weighted by molar-refractivity contribution is 6.30. The first-order valence-electron chi connectivity index (χ1n) is 9.67. The lowest BCUT2D eigenvalue weighted by atomic mass is 10.2. The highest BCUT2D eigenvalue weighted by Gasteiger charge is 2.23. The largest absolute Gasteiger partial charge is 0.472 e. The molecule has 1 saturated heterocycles. The Morgan fingerprint density at radius 3 is 2.62 bits per heavy atom. The van der Waals surface area contributed by atoms with E-state index in [4.69, 9.17) is 20.8 Å². The third-order valence-corrected chi connectivity index (χ3v) is 5.26. The molecule has 0 unspecified atom stereocenters. The molecular weight excluding hydrogens is 394 g/mol. The van der Waals surface area contributed by atoms with Crippen LogP contribution < -0.4 is 4.90 Å². The highest BCUT2D eigenvalue weighted by Crippen LogP contribution is 2.21. The zero-order valence-electron chi connectivity index (χ0n) is 16.6. The molecule has 29 heavy (non-hydrogen) atoms. The molecule has 1 aliphatic heterocycles. The minimum Gasteiger partial charge on any atom is -0.472 e. The Morgan fingerprint density at radius 1 is 1.17 bits per heavy atom. The number of hydrogen-bond acceptors (Lipinski definition) is 5. The SMILES string of the molecule is COCCN(CCC(=O)N1CCN(c2cccc(Cl)c2)CC1)C(=O)c1ccoc1. The molecule has 2 heterocycles. The first-order chi connectivity index (χ1) is 14.1. The normalized spacial score (nSPS) is 14.1. The van der Waals surface area contributed by atoms with Crippen LogP contribution in [0.3, 0.4) is 0 Å². The van der Waals surface area contributed by atoms with Crippen LogP contribution in [0.1, 0.15) is 16.8 Å². The van der Waals surface area contributed by atoms with Crippen molar-refractivity contribution in [2.75, 3.05) is 57.9 Å². The van der Waals surface area contributed by atoms with E-state index in [1.54, 1.807) is 18.1 Å². The molecule has 2 amide bonds.